The van der Waals surface area contributed by atoms with Crippen molar-refractivity contribution in [3.63, 3.8) is 0 Å². The van der Waals surface area contributed by atoms with Gasteiger partial charge in [-0.3, -0.25) is 0 Å². The van der Waals surface area contributed by atoms with Gasteiger partial charge in [0.2, 0.25) is 0 Å². The van der Waals surface area contributed by atoms with E-state index in [4.69, 9.17) is 0 Å². The summed E-state index contributed by atoms with van der Waals surface area (Å²) >= 11 is 0. The molecule has 0 bridgehead atoms. The van der Waals surface area contributed by atoms with Gasteiger partial charge in [0.1, 0.15) is 0 Å². The zero-order valence-corrected chi connectivity index (χ0v) is 8.51. The van der Waals surface area contributed by atoms with Gasteiger partial charge >= 0.3 is 0 Å². The van der Waals surface area contributed by atoms with E-state index in [1.807, 2.05) is 0 Å². The molecule has 0 saturated heterocycles. The first-order valence-electron chi connectivity index (χ1n) is 4.63. The van der Waals surface area contributed by atoms with Crippen LogP contribution in [0.1, 0.15) is 29.9 Å². The molecule has 0 amide bonds. The molecule has 12 heavy (non-hydrogen) atoms. The van der Waals surface area contributed by atoms with Crippen LogP contribution in [0.2, 0.25) is 0 Å². The second kappa shape index (κ2) is 3.58. The molecule has 0 spiro atoms. The van der Waals surface area contributed by atoms with Crippen molar-refractivity contribution < 1.29 is 0 Å². The summed E-state index contributed by atoms with van der Waals surface area (Å²) in [4.78, 5) is 0. The van der Waals surface area contributed by atoms with Gasteiger partial charge in [0, 0.05) is 0 Å². The van der Waals surface area contributed by atoms with Crippen molar-refractivity contribution >= 4 is 8.58 Å². The molecular weight excluding hydrogens is 163 g/mol. The molecule has 0 N–H and O–H groups in total. The molecule has 1 unspecified atom stereocenters. The third-order valence-electron chi connectivity index (χ3n) is 2.41. The van der Waals surface area contributed by atoms with E-state index >= 15 is 0 Å². The Morgan fingerprint density at radius 3 is 2.42 bits per heavy atom. The third-order valence-corrected chi connectivity index (χ3v) is 3.17. The SMILES string of the molecule is CPCc1ccc(C2CC2)cc1. The minimum Gasteiger partial charge on any atom is -0.121 e. The Labute approximate surface area is 76.2 Å². The first-order valence-corrected chi connectivity index (χ1v) is 6.34. The molecule has 1 aromatic rings. The van der Waals surface area contributed by atoms with Crippen LogP contribution in [0.4, 0.5) is 0 Å². The normalized spacial score (nSPS) is 17.4. The summed E-state index contributed by atoms with van der Waals surface area (Å²) in [7, 11) is 1.04. The van der Waals surface area contributed by atoms with Gasteiger partial charge in [-0.1, -0.05) is 24.3 Å². The maximum Gasteiger partial charge on any atom is -0.0103 e. The molecule has 1 aromatic carbocycles. The Kier molecular flexibility index (Phi) is 2.46. The number of hydrogen-bond donors (Lipinski definition) is 0. The standard InChI is InChI=1S/C11H15P/c1-12-8-9-2-4-10(5-3-9)11-6-7-11/h2-5,11-12H,6-8H2,1H3. The fraction of sp³-hybridized carbons (Fsp3) is 0.455. The Hall–Kier alpha value is -0.350. The molecule has 2 rings (SSSR count). The lowest BCUT2D eigenvalue weighted by Crippen LogP contribution is -1.81. The van der Waals surface area contributed by atoms with Gasteiger partial charge in [0.05, 0.1) is 0 Å². The Balaban J connectivity index is 2.08. The molecule has 0 aliphatic heterocycles. The highest BCUT2D eigenvalue weighted by Gasteiger charge is 2.22. The maximum absolute atomic E-state index is 2.31. The van der Waals surface area contributed by atoms with Gasteiger partial charge in [-0.05, 0) is 42.7 Å². The molecule has 1 atom stereocenters. The lowest BCUT2D eigenvalue weighted by Gasteiger charge is -2.00. The topological polar surface area (TPSA) is 0 Å². The highest BCUT2D eigenvalue weighted by molar-refractivity contribution is 7.36. The highest BCUT2D eigenvalue weighted by Crippen LogP contribution is 2.40. The van der Waals surface area contributed by atoms with Crippen LogP contribution in [-0.4, -0.2) is 6.66 Å². The van der Waals surface area contributed by atoms with E-state index < -0.39 is 0 Å². The number of benzene rings is 1. The van der Waals surface area contributed by atoms with Crippen molar-refractivity contribution in [1.82, 2.24) is 0 Å². The van der Waals surface area contributed by atoms with Gasteiger partial charge in [-0.25, -0.2) is 0 Å². The van der Waals surface area contributed by atoms with Gasteiger partial charge in [-0.2, -0.15) is 0 Å². The average Bonchev–Trinajstić information content (AvgIpc) is 2.89. The second-order valence-electron chi connectivity index (χ2n) is 3.55. The zero-order chi connectivity index (χ0) is 8.39. The van der Waals surface area contributed by atoms with Crippen molar-refractivity contribution in [2.45, 2.75) is 24.9 Å². The van der Waals surface area contributed by atoms with Gasteiger partial charge in [-0.15, -0.1) is 8.58 Å². The van der Waals surface area contributed by atoms with E-state index in [1.54, 1.807) is 5.56 Å². The smallest absolute Gasteiger partial charge is 0.0103 e. The molecule has 64 valence electrons. The van der Waals surface area contributed by atoms with Gasteiger partial charge in [0.25, 0.3) is 0 Å². The molecule has 0 heterocycles. The van der Waals surface area contributed by atoms with Crippen molar-refractivity contribution in [3.05, 3.63) is 35.4 Å². The molecule has 1 fully saturated rings. The fourth-order valence-corrected chi connectivity index (χ4v) is 2.17. The fourth-order valence-electron chi connectivity index (χ4n) is 1.53. The molecule has 1 saturated carbocycles. The number of rotatable bonds is 3. The maximum atomic E-state index is 2.31. The van der Waals surface area contributed by atoms with Crippen LogP contribution in [0.15, 0.2) is 24.3 Å². The van der Waals surface area contributed by atoms with Crippen LogP contribution in [0, 0.1) is 0 Å². The van der Waals surface area contributed by atoms with E-state index in [0.717, 1.165) is 14.5 Å². The predicted molar refractivity (Wildman–Crippen MR) is 56.4 cm³/mol. The van der Waals surface area contributed by atoms with Gasteiger partial charge < -0.3 is 0 Å². The lowest BCUT2D eigenvalue weighted by atomic mass is 10.1. The summed E-state index contributed by atoms with van der Waals surface area (Å²) in [5.74, 6) is 0.906. The summed E-state index contributed by atoms with van der Waals surface area (Å²) in [6, 6.07) is 9.22. The van der Waals surface area contributed by atoms with Crippen LogP contribution < -0.4 is 0 Å². The molecule has 1 aliphatic carbocycles. The van der Waals surface area contributed by atoms with Crippen LogP contribution >= 0.6 is 8.58 Å². The van der Waals surface area contributed by atoms with Crippen molar-refractivity contribution in [2.75, 3.05) is 6.66 Å². The van der Waals surface area contributed by atoms with E-state index in [1.165, 1.54) is 24.6 Å². The molecule has 1 heteroatoms. The molecule has 0 radical (unpaired) electrons. The third kappa shape index (κ3) is 1.87. The summed E-state index contributed by atoms with van der Waals surface area (Å²) in [5, 5.41) is 0. The molecule has 0 aromatic heterocycles. The van der Waals surface area contributed by atoms with E-state index in [0.29, 0.717) is 0 Å². The van der Waals surface area contributed by atoms with E-state index in [2.05, 4.69) is 30.9 Å². The number of hydrogen-bond acceptors (Lipinski definition) is 0. The monoisotopic (exact) mass is 178 g/mol. The average molecular weight is 178 g/mol. The lowest BCUT2D eigenvalue weighted by molar-refractivity contribution is 1.12. The van der Waals surface area contributed by atoms with Crippen molar-refractivity contribution in [3.8, 4) is 0 Å². The van der Waals surface area contributed by atoms with Crippen LogP contribution in [0.3, 0.4) is 0 Å². The second-order valence-corrected chi connectivity index (χ2v) is 4.61. The Morgan fingerprint density at radius 2 is 1.92 bits per heavy atom. The highest BCUT2D eigenvalue weighted by atomic mass is 31.1. The Bertz CT molecular complexity index is 246. The van der Waals surface area contributed by atoms with Gasteiger partial charge in [0.15, 0.2) is 0 Å². The van der Waals surface area contributed by atoms with Crippen molar-refractivity contribution in [2.24, 2.45) is 0 Å². The first kappa shape index (κ1) is 8.26. The first-order chi connectivity index (χ1) is 5.90. The summed E-state index contributed by atoms with van der Waals surface area (Å²) in [6.45, 7) is 2.26. The molecular formula is C11H15P. The Morgan fingerprint density at radius 1 is 1.25 bits per heavy atom. The molecule has 0 nitrogen and oxygen atoms in total. The molecule has 1 aliphatic rings. The predicted octanol–water partition coefficient (Wildman–Crippen LogP) is 3.37. The zero-order valence-electron chi connectivity index (χ0n) is 7.51. The van der Waals surface area contributed by atoms with Crippen molar-refractivity contribution in [1.29, 1.82) is 0 Å². The summed E-state index contributed by atoms with van der Waals surface area (Å²) in [6.07, 6.45) is 4.08. The van der Waals surface area contributed by atoms with E-state index in [-0.39, 0.29) is 0 Å². The quantitative estimate of drug-likeness (QED) is 0.622. The van der Waals surface area contributed by atoms with Crippen LogP contribution in [0.25, 0.3) is 0 Å². The van der Waals surface area contributed by atoms with E-state index in [9.17, 15) is 0 Å². The van der Waals surface area contributed by atoms with Crippen LogP contribution in [0.5, 0.6) is 0 Å². The summed E-state index contributed by atoms with van der Waals surface area (Å²) < 4.78 is 0. The summed E-state index contributed by atoms with van der Waals surface area (Å²) in [5.41, 5.74) is 3.05. The minimum atomic E-state index is 0.906. The largest absolute Gasteiger partial charge is 0.121 e. The minimum absolute atomic E-state index is 0.906. The van der Waals surface area contributed by atoms with Crippen LogP contribution in [-0.2, 0) is 6.16 Å².